The molecule has 0 fully saturated rings. The zero-order chi connectivity index (χ0) is 11.4. The highest BCUT2D eigenvalue weighted by Crippen LogP contribution is 2.15. The van der Waals surface area contributed by atoms with Crippen molar-refractivity contribution in [3.05, 3.63) is 28.6 Å². The van der Waals surface area contributed by atoms with Gasteiger partial charge in [-0.15, -0.1) is 0 Å². The fourth-order valence-corrected chi connectivity index (χ4v) is 1.66. The van der Waals surface area contributed by atoms with Gasteiger partial charge in [-0.05, 0) is 31.4 Å². The van der Waals surface area contributed by atoms with Crippen LogP contribution in [0.1, 0.15) is 47.6 Å². The third kappa shape index (κ3) is 2.55. The zero-order valence-electron chi connectivity index (χ0n) is 9.50. The first-order valence-electron chi connectivity index (χ1n) is 5.32. The van der Waals surface area contributed by atoms with Crippen LogP contribution in [0.3, 0.4) is 0 Å². The van der Waals surface area contributed by atoms with E-state index in [9.17, 15) is 4.79 Å². The number of carbonyl (C=O) groups is 1. The van der Waals surface area contributed by atoms with Crippen molar-refractivity contribution in [2.24, 2.45) is 0 Å². The van der Waals surface area contributed by atoms with Gasteiger partial charge in [0.2, 0.25) is 0 Å². The van der Waals surface area contributed by atoms with E-state index in [1.165, 1.54) is 0 Å². The summed E-state index contributed by atoms with van der Waals surface area (Å²) in [5.41, 5.74) is 3.04. The molecule has 3 nitrogen and oxygen atoms in total. The van der Waals surface area contributed by atoms with Crippen molar-refractivity contribution in [2.45, 2.75) is 40.0 Å². The van der Waals surface area contributed by atoms with Gasteiger partial charge >= 0.3 is 5.97 Å². The van der Waals surface area contributed by atoms with Gasteiger partial charge in [-0.1, -0.05) is 20.3 Å². The molecule has 0 aliphatic rings. The highest BCUT2D eigenvalue weighted by Gasteiger charge is 2.13. The first-order valence-corrected chi connectivity index (χ1v) is 5.32. The lowest BCUT2D eigenvalue weighted by Crippen LogP contribution is -2.08. The van der Waals surface area contributed by atoms with Crippen molar-refractivity contribution >= 4 is 5.97 Å². The maximum absolute atomic E-state index is 11.0. The normalized spacial score (nSPS) is 10.3. The molecule has 0 atom stereocenters. The standard InChI is InChI=1S/C12H17NO2/c1-4-6-11-9(12(14)15)7-8(3)10(5-2)13-11/h7H,4-6H2,1-3H3,(H,14,15). The van der Waals surface area contributed by atoms with Crippen molar-refractivity contribution < 1.29 is 9.90 Å². The van der Waals surface area contributed by atoms with E-state index >= 15 is 0 Å². The number of rotatable bonds is 4. The fraction of sp³-hybridized carbons (Fsp3) is 0.500. The molecular formula is C12H17NO2. The van der Waals surface area contributed by atoms with Crippen molar-refractivity contribution in [2.75, 3.05) is 0 Å². The average Bonchev–Trinajstić information content (AvgIpc) is 2.20. The molecule has 1 heterocycles. The molecule has 1 aromatic heterocycles. The second kappa shape index (κ2) is 4.91. The minimum atomic E-state index is -0.878. The Hall–Kier alpha value is -1.38. The topological polar surface area (TPSA) is 50.2 Å². The SMILES string of the molecule is CCCc1nc(CC)c(C)cc1C(=O)O. The number of pyridine rings is 1. The van der Waals surface area contributed by atoms with E-state index in [4.69, 9.17) is 5.11 Å². The van der Waals surface area contributed by atoms with Crippen LogP contribution in [0.15, 0.2) is 6.07 Å². The summed E-state index contributed by atoms with van der Waals surface area (Å²) in [5.74, 6) is -0.878. The lowest BCUT2D eigenvalue weighted by Gasteiger charge is -2.09. The molecule has 0 radical (unpaired) electrons. The second-order valence-electron chi connectivity index (χ2n) is 3.65. The van der Waals surface area contributed by atoms with Gasteiger partial charge < -0.3 is 5.11 Å². The highest BCUT2D eigenvalue weighted by atomic mass is 16.4. The molecule has 82 valence electrons. The smallest absolute Gasteiger partial charge is 0.337 e. The molecule has 1 N–H and O–H groups in total. The number of nitrogens with zero attached hydrogens (tertiary/aromatic N) is 1. The molecule has 0 unspecified atom stereocenters. The van der Waals surface area contributed by atoms with Crippen LogP contribution >= 0.6 is 0 Å². The van der Waals surface area contributed by atoms with Crippen LogP contribution in [-0.2, 0) is 12.8 Å². The van der Waals surface area contributed by atoms with Crippen LogP contribution in [0, 0.1) is 6.92 Å². The van der Waals surface area contributed by atoms with E-state index in [1.54, 1.807) is 6.07 Å². The lowest BCUT2D eigenvalue weighted by molar-refractivity contribution is 0.0695. The molecule has 0 amide bonds. The summed E-state index contributed by atoms with van der Waals surface area (Å²) in [6.45, 7) is 5.97. The molecule has 0 bridgehead atoms. The van der Waals surface area contributed by atoms with E-state index < -0.39 is 5.97 Å². The first-order chi connectivity index (χ1) is 7.10. The number of hydrogen-bond donors (Lipinski definition) is 1. The first kappa shape index (κ1) is 11.7. The van der Waals surface area contributed by atoms with E-state index in [0.29, 0.717) is 11.3 Å². The molecule has 0 aliphatic carbocycles. The number of aryl methyl sites for hydroxylation is 3. The summed E-state index contributed by atoms with van der Waals surface area (Å²) in [6, 6.07) is 1.74. The summed E-state index contributed by atoms with van der Waals surface area (Å²) < 4.78 is 0. The van der Waals surface area contributed by atoms with Crippen molar-refractivity contribution in [3.63, 3.8) is 0 Å². The van der Waals surface area contributed by atoms with Crippen LogP contribution in [-0.4, -0.2) is 16.1 Å². The van der Waals surface area contributed by atoms with E-state index in [0.717, 1.165) is 30.5 Å². The number of aromatic nitrogens is 1. The Kier molecular flexibility index (Phi) is 3.83. The van der Waals surface area contributed by atoms with Gasteiger partial charge in [-0.3, -0.25) is 4.98 Å². The highest BCUT2D eigenvalue weighted by molar-refractivity contribution is 5.89. The van der Waals surface area contributed by atoms with Crippen LogP contribution in [0.2, 0.25) is 0 Å². The minimum Gasteiger partial charge on any atom is -0.478 e. The molecule has 3 heteroatoms. The zero-order valence-corrected chi connectivity index (χ0v) is 9.50. The van der Waals surface area contributed by atoms with Crippen LogP contribution < -0.4 is 0 Å². The summed E-state index contributed by atoms with van der Waals surface area (Å²) in [6.07, 6.45) is 2.50. The predicted molar refractivity (Wildman–Crippen MR) is 59.3 cm³/mol. The number of aromatic carboxylic acids is 1. The summed E-state index contributed by atoms with van der Waals surface area (Å²) in [5, 5.41) is 9.04. The summed E-state index contributed by atoms with van der Waals surface area (Å²) in [4.78, 5) is 15.4. The van der Waals surface area contributed by atoms with Gasteiger partial charge in [0.05, 0.1) is 11.3 Å². The number of carboxylic acids is 1. The molecule has 15 heavy (non-hydrogen) atoms. The Morgan fingerprint density at radius 3 is 2.53 bits per heavy atom. The Morgan fingerprint density at radius 1 is 1.40 bits per heavy atom. The summed E-state index contributed by atoms with van der Waals surface area (Å²) in [7, 11) is 0. The van der Waals surface area contributed by atoms with Crippen molar-refractivity contribution in [1.82, 2.24) is 4.98 Å². The fourth-order valence-electron chi connectivity index (χ4n) is 1.66. The van der Waals surface area contributed by atoms with Gasteiger partial charge in [0.1, 0.15) is 0 Å². The van der Waals surface area contributed by atoms with Gasteiger partial charge in [0.25, 0.3) is 0 Å². The van der Waals surface area contributed by atoms with Crippen LogP contribution in [0.5, 0.6) is 0 Å². The monoisotopic (exact) mass is 207 g/mol. The van der Waals surface area contributed by atoms with E-state index in [2.05, 4.69) is 4.98 Å². The number of hydrogen-bond acceptors (Lipinski definition) is 2. The Bertz CT molecular complexity index is 372. The largest absolute Gasteiger partial charge is 0.478 e. The predicted octanol–water partition coefficient (Wildman–Crippen LogP) is 2.60. The molecule has 0 aromatic carbocycles. The van der Waals surface area contributed by atoms with Crippen molar-refractivity contribution in [3.8, 4) is 0 Å². The third-order valence-electron chi connectivity index (χ3n) is 2.45. The number of carboxylic acid groups (broad SMARTS) is 1. The van der Waals surface area contributed by atoms with Crippen LogP contribution in [0.4, 0.5) is 0 Å². The molecule has 0 aliphatic heterocycles. The second-order valence-corrected chi connectivity index (χ2v) is 3.65. The molecule has 1 aromatic rings. The average molecular weight is 207 g/mol. The molecule has 0 saturated heterocycles. The molecular weight excluding hydrogens is 190 g/mol. The van der Waals surface area contributed by atoms with Crippen molar-refractivity contribution in [1.29, 1.82) is 0 Å². The summed E-state index contributed by atoms with van der Waals surface area (Å²) >= 11 is 0. The maximum Gasteiger partial charge on any atom is 0.337 e. The van der Waals surface area contributed by atoms with Gasteiger partial charge in [0, 0.05) is 5.69 Å². The van der Waals surface area contributed by atoms with Gasteiger partial charge in [-0.2, -0.15) is 0 Å². The quantitative estimate of drug-likeness (QED) is 0.825. The Morgan fingerprint density at radius 2 is 2.07 bits per heavy atom. The van der Waals surface area contributed by atoms with Gasteiger partial charge in [-0.25, -0.2) is 4.79 Å². The molecule has 1 rings (SSSR count). The van der Waals surface area contributed by atoms with E-state index in [1.807, 2.05) is 20.8 Å². The Balaban J connectivity index is 3.25. The Labute approximate surface area is 90.2 Å². The maximum atomic E-state index is 11.0. The van der Waals surface area contributed by atoms with Gasteiger partial charge in [0.15, 0.2) is 0 Å². The van der Waals surface area contributed by atoms with Crippen LogP contribution in [0.25, 0.3) is 0 Å². The minimum absolute atomic E-state index is 0.353. The van der Waals surface area contributed by atoms with E-state index in [-0.39, 0.29) is 0 Å². The lowest BCUT2D eigenvalue weighted by atomic mass is 10.0. The molecule has 0 spiro atoms. The molecule has 0 saturated carbocycles. The third-order valence-corrected chi connectivity index (χ3v) is 2.45.